The highest BCUT2D eigenvalue weighted by Gasteiger charge is 2.15. The molecule has 0 unspecified atom stereocenters. The number of benzene rings is 1. The molecule has 0 bridgehead atoms. The van der Waals surface area contributed by atoms with Gasteiger partial charge in [-0.15, -0.1) is 0 Å². The minimum absolute atomic E-state index is 0.126. The van der Waals surface area contributed by atoms with Crippen LogP contribution in [0, 0.1) is 6.92 Å². The highest BCUT2D eigenvalue weighted by atomic mass is 32.2. The lowest BCUT2D eigenvalue weighted by Crippen LogP contribution is -2.05. The summed E-state index contributed by atoms with van der Waals surface area (Å²) in [7, 11) is -2.48. The van der Waals surface area contributed by atoms with Crippen LogP contribution in [-0.4, -0.2) is 21.5 Å². The van der Waals surface area contributed by atoms with Crippen LogP contribution in [0.15, 0.2) is 52.6 Å². The Morgan fingerprint density at radius 2 is 1.83 bits per heavy atom. The van der Waals surface area contributed by atoms with Crippen LogP contribution in [0.2, 0.25) is 0 Å². The second-order valence-corrected chi connectivity index (χ2v) is 6.93. The lowest BCUT2D eigenvalue weighted by atomic mass is 10.1. The van der Waals surface area contributed by atoms with E-state index in [4.69, 9.17) is 4.18 Å². The first-order valence-electron chi connectivity index (χ1n) is 7.73. The quantitative estimate of drug-likeness (QED) is 0.307. The van der Waals surface area contributed by atoms with Gasteiger partial charge in [-0.1, -0.05) is 30.2 Å². The van der Waals surface area contributed by atoms with Crippen molar-refractivity contribution in [3.8, 4) is 0 Å². The minimum Gasteiger partial charge on any atom is -0.466 e. The van der Waals surface area contributed by atoms with Gasteiger partial charge in [-0.05, 0) is 51.3 Å². The molecule has 0 aliphatic heterocycles. The van der Waals surface area contributed by atoms with Crippen molar-refractivity contribution in [1.29, 1.82) is 0 Å². The standard InChI is InChI=1S/C18H24O5S/c1-5-16(13-18(19)22-4)8-6-7-15(3)23-24(20,21)17-11-9-14(2)10-12-17/h7,9-13H,5-6,8H2,1-4H3/b15-7-,16-13+. The van der Waals surface area contributed by atoms with E-state index in [2.05, 4.69) is 4.74 Å². The lowest BCUT2D eigenvalue weighted by Gasteiger charge is -2.08. The number of allylic oxidation sites excluding steroid dienone is 3. The highest BCUT2D eigenvalue weighted by Crippen LogP contribution is 2.18. The van der Waals surface area contributed by atoms with E-state index in [0.717, 1.165) is 17.6 Å². The molecule has 0 N–H and O–H groups in total. The molecule has 0 atom stereocenters. The Bertz CT molecular complexity index is 712. The van der Waals surface area contributed by atoms with Crippen molar-refractivity contribution in [2.75, 3.05) is 7.11 Å². The van der Waals surface area contributed by atoms with Crippen LogP contribution in [0.1, 0.15) is 38.7 Å². The maximum absolute atomic E-state index is 12.2. The van der Waals surface area contributed by atoms with Gasteiger partial charge in [0.1, 0.15) is 10.7 Å². The SMILES string of the molecule is CC/C(=C\C(=O)OC)CC/C=C(/C)OS(=O)(=O)c1ccc(C)cc1. The van der Waals surface area contributed by atoms with Gasteiger partial charge in [0.15, 0.2) is 0 Å². The Morgan fingerprint density at radius 1 is 1.21 bits per heavy atom. The molecule has 1 aromatic rings. The summed E-state index contributed by atoms with van der Waals surface area (Å²) >= 11 is 0. The zero-order valence-corrected chi connectivity index (χ0v) is 15.4. The highest BCUT2D eigenvalue weighted by molar-refractivity contribution is 7.86. The van der Waals surface area contributed by atoms with Crippen molar-refractivity contribution in [2.24, 2.45) is 0 Å². The summed E-state index contributed by atoms with van der Waals surface area (Å²) in [6.45, 7) is 5.43. The van der Waals surface area contributed by atoms with Crippen LogP contribution in [0.4, 0.5) is 0 Å². The van der Waals surface area contributed by atoms with Crippen molar-refractivity contribution in [1.82, 2.24) is 0 Å². The van der Waals surface area contributed by atoms with E-state index < -0.39 is 10.1 Å². The first-order chi connectivity index (χ1) is 11.3. The van der Waals surface area contributed by atoms with Gasteiger partial charge in [0.05, 0.1) is 7.11 Å². The van der Waals surface area contributed by atoms with Gasteiger partial charge < -0.3 is 8.92 Å². The van der Waals surface area contributed by atoms with Gasteiger partial charge in [0.25, 0.3) is 0 Å². The fourth-order valence-electron chi connectivity index (χ4n) is 2.00. The van der Waals surface area contributed by atoms with Crippen LogP contribution < -0.4 is 0 Å². The molecule has 1 rings (SSSR count). The number of methoxy groups -OCH3 is 1. The second-order valence-electron chi connectivity index (χ2n) is 5.38. The topological polar surface area (TPSA) is 69.7 Å². The third kappa shape index (κ3) is 6.58. The number of aryl methyl sites for hydroxylation is 1. The van der Waals surface area contributed by atoms with E-state index in [1.165, 1.54) is 25.3 Å². The van der Waals surface area contributed by atoms with E-state index in [9.17, 15) is 13.2 Å². The zero-order valence-electron chi connectivity index (χ0n) is 14.5. The summed E-state index contributed by atoms with van der Waals surface area (Å²) in [4.78, 5) is 11.4. The predicted molar refractivity (Wildman–Crippen MR) is 92.8 cm³/mol. The molecule has 0 aliphatic carbocycles. The molecule has 0 aliphatic rings. The van der Waals surface area contributed by atoms with Crippen molar-refractivity contribution < 1.29 is 22.1 Å². The molecule has 1 aromatic carbocycles. The smallest absolute Gasteiger partial charge is 0.338 e. The van der Waals surface area contributed by atoms with Gasteiger partial charge >= 0.3 is 16.1 Å². The number of hydrogen-bond donors (Lipinski definition) is 0. The first-order valence-corrected chi connectivity index (χ1v) is 9.14. The maximum atomic E-state index is 12.2. The summed E-state index contributed by atoms with van der Waals surface area (Å²) in [5, 5.41) is 0. The zero-order chi connectivity index (χ0) is 18.2. The van der Waals surface area contributed by atoms with Gasteiger partial charge in [0, 0.05) is 6.08 Å². The lowest BCUT2D eigenvalue weighted by molar-refractivity contribution is -0.134. The Morgan fingerprint density at radius 3 is 2.38 bits per heavy atom. The number of hydrogen-bond acceptors (Lipinski definition) is 5. The summed E-state index contributed by atoms with van der Waals surface area (Å²) in [5.74, 6) is -0.0742. The maximum Gasteiger partial charge on any atom is 0.338 e. The number of rotatable bonds is 8. The first kappa shape index (κ1) is 20.0. The third-order valence-electron chi connectivity index (χ3n) is 3.43. The molecular formula is C18H24O5S. The van der Waals surface area contributed by atoms with E-state index in [-0.39, 0.29) is 10.9 Å². The predicted octanol–water partition coefficient (Wildman–Crippen LogP) is 3.89. The average molecular weight is 352 g/mol. The molecule has 0 spiro atoms. The normalized spacial score (nSPS) is 12.8. The number of carbonyl (C=O) groups is 1. The van der Waals surface area contributed by atoms with Gasteiger partial charge in [-0.2, -0.15) is 8.42 Å². The van der Waals surface area contributed by atoms with Crippen molar-refractivity contribution in [2.45, 2.75) is 44.9 Å². The molecule has 0 fully saturated rings. The monoisotopic (exact) mass is 352 g/mol. The van der Waals surface area contributed by atoms with Gasteiger partial charge in [-0.25, -0.2) is 4.79 Å². The molecule has 0 radical (unpaired) electrons. The molecule has 132 valence electrons. The summed E-state index contributed by atoms with van der Waals surface area (Å²) in [6.07, 6.45) is 5.10. The molecule has 24 heavy (non-hydrogen) atoms. The minimum atomic E-state index is -3.81. The molecular weight excluding hydrogens is 328 g/mol. The van der Waals surface area contributed by atoms with Crippen LogP contribution in [0.25, 0.3) is 0 Å². The molecule has 0 heterocycles. The Labute approximate surface area is 144 Å². The van der Waals surface area contributed by atoms with Crippen LogP contribution in [-0.2, 0) is 23.8 Å². The summed E-state index contributed by atoms with van der Waals surface area (Å²) in [6, 6.07) is 6.49. The Hall–Kier alpha value is -2.08. The van der Waals surface area contributed by atoms with Gasteiger partial charge in [-0.3, -0.25) is 0 Å². The van der Waals surface area contributed by atoms with E-state index in [1.807, 2.05) is 13.8 Å². The number of carbonyl (C=O) groups excluding carboxylic acids is 1. The van der Waals surface area contributed by atoms with Crippen molar-refractivity contribution in [3.05, 3.63) is 53.3 Å². The van der Waals surface area contributed by atoms with Crippen LogP contribution >= 0.6 is 0 Å². The molecule has 5 nitrogen and oxygen atoms in total. The average Bonchev–Trinajstić information content (AvgIpc) is 2.53. The van der Waals surface area contributed by atoms with Crippen LogP contribution in [0.3, 0.4) is 0 Å². The van der Waals surface area contributed by atoms with Crippen molar-refractivity contribution in [3.63, 3.8) is 0 Å². The molecule has 6 heteroatoms. The molecule has 0 amide bonds. The number of esters is 1. The Balaban J connectivity index is 2.68. The van der Waals surface area contributed by atoms with Crippen molar-refractivity contribution >= 4 is 16.1 Å². The van der Waals surface area contributed by atoms with Gasteiger partial charge in [0.2, 0.25) is 0 Å². The summed E-state index contributed by atoms with van der Waals surface area (Å²) in [5.41, 5.74) is 1.91. The third-order valence-corrected chi connectivity index (χ3v) is 4.76. The number of ether oxygens (including phenoxy) is 1. The fourth-order valence-corrected chi connectivity index (χ4v) is 2.98. The fraction of sp³-hybridized carbons (Fsp3) is 0.389. The van der Waals surface area contributed by atoms with E-state index in [0.29, 0.717) is 18.6 Å². The summed E-state index contributed by atoms with van der Waals surface area (Å²) < 4.78 is 34.0. The largest absolute Gasteiger partial charge is 0.466 e. The molecule has 0 aromatic heterocycles. The Kier molecular flexibility index (Phi) is 7.71. The molecule has 0 saturated heterocycles. The molecule has 0 saturated carbocycles. The second kappa shape index (κ2) is 9.27. The van der Waals surface area contributed by atoms with E-state index >= 15 is 0 Å². The van der Waals surface area contributed by atoms with E-state index in [1.54, 1.807) is 25.1 Å². The van der Waals surface area contributed by atoms with Crippen LogP contribution in [0.5, 0.6) is 0 Å².